The lowest BCUT2D eigenvalue weighted by atomic mass is 9.65. The minimum atomic E-state index is -0.696. The van der Waals surface area contributed by atoms with Crippen LogP contribution >= 0.6 is 0 Å². The van der Waals surface area contributed by atoms with Gasteiger partial charge in [0.25, 0.3) is 0 Å². The fourth-order valence-corrected chi connectivity index (χ4v) is 12.7. The van der Waals surface area contributed by atoms with Crippen LogP contribution in [0.2, 0.25) is 0 Å². The second kappa shape index (κ2) is 19.4. The highest BCUT2D eigenvalue weighted by molar-refractivity contribution is 5.93. The molecule has 0 N–H and O–H groups in total. The largest absolute Gasteiger partial charge is 0.311 e. The molecule has 0 bridgehead atoms. The number of hydrogen-bond acceptors (Lipinski definition) is 4. The highest BCUT2D eigenvalue weighted by Gasteiger charge is 2.58. The minimum absolute atomic E-state index is 0.0444. The first kappa shape index (κ1) is 45.7. The average Bonchev–Trinajstić information content (AvgIpc) is 4.05. The van der Waals surface area contributed by atoms with Crippen LogP contribution in [0.15, 0.2) is 321 Å². The van der Waals surface area contributed by atoms with Gasteiger partial charge in [0.1, 0.15) is 0 Å². The SMILES string of the molecule is C1=CC2c3ccc(N(c4ccccc4)c4ccccc4)cc3C3(c4cc(N(c5ccccc5)c5ccccc5)ccc4-c4ccc(N(c5ccccc5)c5ccccc5)cc43)C2C=C1N(c1ccccc1)c1ccccc1. The normalized spacial score (nSPS) is 15.1. The summed E-state index contributed by atoms with van der Waals surface area (Å²) in [5, 5.41) is 0. The zero-order chi connectivity index (χ0) is 51.1. The van der Waals surface area contributed by atoms with Crippen molar-refractivity contribution in [1.82, 2.24) is 0 Å². The van der Waals surface area contributed by atoms with Gasteiger partial charge in [-0.15, -0.1) is 0 Å². The highest BCUT2D eigenvalue weighted by Crippen LogP contribution is 2.67. The molecule has 0 amide bonds. The van der Waals surface area contributed by atoms with E-state index in [1.165, 1.54) is 33.4 Å². The van der Waals surface area contributed by atoms with E-state index in [2.05, 4.69) is 335 Å². The number of benzene rings is 11. The predicted octanol–water partition coefficient (Wildman–Crippen LogP) is 19.4. The molecule has 0 saturated heterocycles. The van der Waals surface area contributed by atoms with Crippen LogP contribution in [0.3, 0.4) is 0 Å². The van der Waals surface area contributed by atoms with Crippen molar-refractivity contribution in [2.45, 2.75) is 11.3 Å². The van der Waals surface area contributed by atoms with Gasteiger partial charge < -0.3 is 19.6 Å². The topological polar surface area (TPSA) is 13.0 Å². The van der Waals surface area contributed by atoms with Crippen molar-refractivity contribution in [3.63, 3.8) is 0 Å². The average molecular weight is 987 g/mol. The van der Waals surface area contributed by atoms with Crippen LogP contribution in [0, 0.1) is 5.92 Å². The van der Waals surface area contributed by atoms with Crippen molar-refractivity contribution in [2.24, 2.45) is 5.92 Å². The molecular formula is C73H54N4. The van der Waals surface area contributed by atoms with Gasteiger partial charge in [0.15, 0.2) is 0 Å². The van der Waals surface area contributed by atoms with Crippen LogP contribution in [0.5, 0.6) is 0 Å². The van der Waals surface area contributed by atoms with E-state index >= 15 is 0 Å². The summed E-state index contributed by atoms with van der Waals surface area (Å²) < 4.78 is 0. The van der Waals surface area contributed by atoms with Gasteiger partial charge in [-0.25, -0.2) is 0 Å². The number of rotatable bonds is 12. The Labute approximate surface area is 451 Å². The Morgan fingerprint density at radius 1 is 0.260 bits per heavy atom. The molecule has 3 aliphatic carbocycles. The number of para-hydroxylation sites is 8. The maximum Gasteiger partial charge on any atom is 0.0540 e. The quantitative estimate of drug-likeness (QED) is 0.121. The lowest BCUT2D eigenvalue weighted by Crippen LogP contribution is -2.35. The summed E-state index contributed by atoms with van der Waals surface area (Å²) in [6.07, 6.45) is 7.50. The number of hydrogen-bond donors (Lipinski definition) is 0. The molecule has 366 valence electrons. The highest BCUT2D eigenvalue weighted by atomic mass is 15.2. The van der Waals surface area contributed by atoms with E-state index in [9.17, 15) is 0 Å². The Morgan fingerprint density at radius 2 is 0.545 bits per heavy atom. The molecule has 4 nitrogen and oxygen atoms in total. The van der Waals surface area contributed by atoms with E-state index < -0.39 is 5.41 Å². The van der Waals surface area contributed by atoms with Crippen LogP contribution in [-0.4, -0.2) is 0 Å². The molecule has 0 aromatic heterocycles. The van der Waals surface area contributed by atoms with Crippen LogP contribution < -0.4 is 19.6 Å². The molecule has 0 fully saturated rings. The summed E-state index contributed by atoms with van der Waals surface area (Å²) in [6, 6.07) is 108. The Bertz CT molecular complexity index is 3630. The van der Waals surface area contributed by atoms with E-state index in [0.29, 0.717) is 0 Å². The van der Waals surface area contributed by atoms with E-state index in [4.69, 9.17) is 0 Å². The number of nitrogens with zero attached hydrogens (tertiary/aromatic N) is 4. The van der Waals surface area contributed by atoms with Crippen molar-refractivity contribution >= 4 is 62.6 Å². The van der Waals surface area contributed by atoms with E-state index in [1.807, 2.05) is 0 Å². The smallest absolute Gasteiger partial charge is 0.0540 e. The van der Waals surface area contributed by atoms with Gasteiger partial charge in [-0.3, -0.25) is 0 Å². The third kappa shape index (κ3) is 7.84. The Morgan fingerprint density at radius 3 is 0.870 bits per heavy atom. The lowest BCUT2D eigenvalue weighted by molar-refractivity contribution is 0.462. The van der Waals surface area contributed by atoms with Crippen molar-refractivity contribution in [2.75, 3.05) is 19.6 Å². The Balaban J connectivity index is 1.09. The molecule has 11 aromatic rings. The summed E-state index contributed by atoms with van der Waals surface area (Å²) in [5.74, 6) is -0.0122. The molecular weight excluding hydrogens is 933 g/mol. The van der Waals surface area contributed by atoms with Crippen molar-refractivity contribution in [3.05, 3.63) is 343 Å². The molecule has 2 atom stereocenters. The zero-order valence-electron chi connectivity index (χ0n) is 42.5. The number of fused-ring (bicyclic) bond motifs is 10. The summed E-state index contributed by atoms with van der Waals surface area (Å²) in [6.45, 7) is 0. The Hall–Kier alpha value is -9.90. The van der Waals surface area contributed by atoms with Gasteiger partial charge >= 0.3 is 0 Å². The molecule has 0 saturated carbocycles. The number of anilines is 11. The first-order valence-corrected chi connectivity index (χ1v) is 26.7. The molecule has 14 rings (SSSR count). The summed E-state index contributed by atoms with van der Waals surface area (Å²) in [5.41, 5.74) is 20.3. The third-order valence-corrected chi connectivity index (χ3v) is 15.8. The van der Waals surface area contributed by atoms with Crippen LogP contribution in [0.25, 0.3) is 11.1 Å². The summed E-state index contributed by atoms with van der Waals surface area (Å²) in [4.78, 5) is 9.69. The standard InChI is InChI=1S/C73H54N4/c1-9-25-53(26-10-1)74(54-27-11-2-12-28-54)61-41-45-65-66-46-42-62(75(55-29-13-3-14-30-55)56-31-15-4-16-32-56)50-70(66)73(69(65)49-61)71-51-63(76(57-33-17-5-18-34-57)58-35-19-6-20-36-58)43-47-67(71)68-48-44-64(52-72(68)73)77(59-37-21-7-22-38-59)60-39-23-8-24-40-60/h1-52,65,69H. The van der Waals surface area contributed by atoms with E-state index in [0.717, 1.165) is 68.3 Å². The fourth-order valence-electron chi connectivity index (χ4n) is 12.7. The van der Waals surface area contributed by atoms with E-state index in [-0.39, 0.29) is 11.8 Å². The maximum atomic E-state index is 2.62. The molecule has 77 heavy (non-hydrogen) atoms. The first-order chi connectivity index (χ1) is 38.2. The van der Waals surface area contributed by atoms with Crippen LogP contribution in [0.4, 0.5) is 62.6 Å². The van der Waals surface area contributed by atoms with Gasteiger partial charge in [-0.05, 0) is 173 Å². The molecule has 0 aliphatic heterocycles. The monoisotopic (exact) mass is 986 g/mol. The molecule has 2 unspecified atom stereocenters. The minimum Gasteiger partial charge on any atom is -0.311 e. The molecule has 11 aromatic carbocycles. The van der Waals surface area contributed by atoms with Gasteiger partial charge in [-0.1, -0.05) is 176 Å². The second-order valence-electron chi connectivity index (χ2n) is 20.1. The van der Waals surface area contributed by atoms with Gasteiger partial charge in [-0.2, -0.15) is 0 Å². The molecule has 3 aliphatic rings. The lowest BCUT2D eigenvalue weighted by Gasteiger charge is -2.39. The van der Waals surface area contributed by atoms with Crippen molar-refractivity contribution in [3.8, 4) is 11.1 Å². The van der Waals surface area contributed by atoms with Crippen molar-refractivity contribution in [1.29, 1.82) is 0 Å². The Kier molecular flexibility index (Phi) is 11.5. The van der Waals surface area contributed by atoms with Gasteiger partial charge in [0.2, 0.25) is 0 Å². The zero-order valence-corrected chi connectivity index (χ0v) is 42.5. The van der Waals surface area contributed by atoms with Crippen molar-refractivity contribution < 1.29 is 0 Å². The van der Waals surface area contributed by atoms with Gasteiger partial charge in [0, 0.05) is 80.1 Å². The fraction of sp³-hybridized carbons (Fsp3) is 0.0411. The predicted molar refractivity (Wildman–Crippen MR) is 321 cm³/mol. The summed E-state index contributed by atoms with van der Waals surface area (Å²) >= 11 is 0. The first-order valence-electron chi connectivity index (χ1n) is 26.7. The van der Waals surface area contributed by atoms with Crippen LogP contribution in [-0.2, 0) is 5.41 Å². The summed E-state index contributed by atoms with van der Waals surface area (Å²) in [7, 11) is 0. The van der Waals surface area contributed by atoms with E-state index in [1.54, 1.807) is 0 Å². The van der Waals surface area contributed by atoms with Gasteiger partial charge in [0.05, 0.1) is 5.41 Å². The number of allylic oxidation sites excluding steroid dienone is 3. The van der Waals surface area contributed by atoms with Crippen LogP contribution in [0.1, 0.15) is 28.2 Å². The second-order valence-corrected chi connectivity index (χ2v) is 20.1. The molecule has 4 heteroatoms. The molecule has 1 spiro atoms. The molecule has 0 radical (unpaired) electrons. The third-order valence-electron chi connectivity index (χ3n) is 15.8. The molecule has 0 heterocycles. The maximum absolute atomic E-state index is 2.62.